The van der Waals surface area contributed by atoms with Crippen molar-refractivity contribution in [2.24, 2.45) is 0 Å². The number of aliphatic carboxylic acids is 1. The Morgan fingerprint density at radius 1 is 0.889 bits per heavy atom. The number of hydrogen-bond acceptors (Lipinski definition) is 3. The molecule has 0 unspecified atom stereocenters. The van der Waals surface area contributed by atoms with Crippen molar-refractivity contribution < 1.29 is 15.0 Å². The van der Waals surface area contributed by atoms with E-state index in [2.05, 4.69) is 106 Å². The SMILES string of the molecule is CC(C)[Si](CSc1cc(C(C)(C)C)c(O)cc1C(C)(C)C)(c1ccccc1)C(C)C.CCCC(=O)O. The summed E-state index contributed by atoms with van der Waals surface area (Å²) in [4.78, 5) is 10.9. The van der Waals surface area contributed by atoms with Crippen molar-refractivity contribution in [2.45, 2.75) is 116 Å². The Morgan fingerprint density at radius 2 is 1.39 bits per heavy atom. The van der Waals surface area contributed by atoms with Crippen LogP contribution in [0.25, 0.3) is 0 Å². The van der Waals surface area contributed by atoms with E-state index < -0.39 is 14.0 Å². The second kappa shape index (κ2) is 13.2. The highest BCUT2D eigenvalue weighted by Crippen LogP contribution is 2.43. The lowest BCUT2D eigenvalue weighted by Gasteiger charge is -2.40. The molecular weight excluding hydrogens is 480 g/mol. The zero-order chi connectivity index (χ0) is 27.9. The van der Waals surface area contributed by atoms with Crippen LogP contribution < -0.4 is 5.19 Å². The minimum absolute atomic E-state index is 0.0111. The van der Waals surface area contributed by atoms with Gasteiger partial charge in [0.2, 0.25) is 0 Å². The molecule has 2 aromatic rings. The Morgan fingerprint density at radius 3 is 1.75 bits per heavy atom. The normalized spacial score (nSPS) is 12.5. The van der Waals surface area contributed by atoms with Crippen LogP contribution in [0.3, 0.4) is 0 Å². The summed E-state index contributed by atoms with van der Waals surface area (Å²) < 4.78 is 0. The molecule has 3 nitrogen and oxygen atoms in total. The van der Waals surface area contributed by atoms with E-state index in [9.17, 15) is 9.90 Å². The van der Waals surface area contributed by atoms with Crippen LogP contribution in [-0.2, 0) is 15.6 Å². The van der Waals surface area contributed by atoms with Crippen LogP contribution in [0, 0.1) is 0 Å². The fourth-order valence-corrected chi connectivity index (χ4v) is 13.9. The number of thioether (sulfide) groups is 1. The van der Waals surface area contributed by atoms with E-state index in [1.165, 1.54) is 10.5 Å². The standard InChI is InChI=1S/C27H42OSSi.C4H8O2/c1-19(2)30(20(3)4,21-14-12-11-13-15-21)18-29-25-17-22(26(5,6)7)24(28)16-23(25)27(8,9)10;1-2-3-4(5)6/h11-17,19-20,28H,18H2,1-10H3;2-3H2,1H3,(H,5,6). The maximum atomic E-state index is 10.8. The number of phenols is 1. The molecule has 0 heterocycles. The van der Waals surface area contributed by atoms with E-state index >= 15 is 0 Å². The van der Waals surface area contributed by atoms with Crippen LogP contribution >= 0.6 is 11.8 Å². The Balaban J connectivity index is 0.000000960. The zero-order valence-electron chi connectivity index (χ0n) is 24.5. The molecule has 0 spiro atoms. The van der Waals surface area contributed by atoms with Gasteiger partial charge in [-0.1, -0.05) is 112 Å². The average molecular weight is 531 g/mol. The Hall–Kier alpha value is -1.72. The van der Waals surface area contributed by atoms with Crippen LogP contribution in [-0.4, -0.2) is 29.6 Å². The lowest BCUT2D eigenvalue weighted by molar-refractivity contribution is -0.137. The first-order valence-electron chi connectivity index (χ1n) is 13.3. The first-order valence-corrected chi connectivity index (χ1v) is 16.6. The minimum atomic E-state index is -1.77. The Labute approximate surface area is 226 Å². The number of rotatable bonds is 8. The number of carboxylic acids is 1. The summed E-state index contributed by atoms with van der Waals surface area (Å²) in [7, 11) is -1.77. The van der Waals surface area contributed by atoms with E-state index in [0.717, 1.165) is 17.4 Å². The number of aromatic hydroxyl groups is 1. The van der Waals surface area contributed by atoms with E-state index in [0.29, 0.717) is 23.3 Å². The van der Waals surface area contributed by atoms with Crippen molar-refractivity contribution in [3.8, 4) is 5.75 Å². The number of carbonyl (C=O) groups is 1. The third-order valence-corrected chi connectivity index (χ3v) is 15.7. The van der Waals surface area contributed by atoms with Gasteiger partial charge in [-0.15, -0.1) is 11.8 Å². The van der Waals surface area contributed by atoms with Crippen LogP contribution in [0.2, 0.25) is 11.1 Å². The zero-order valence-corrected chi connectivity index (χ0v) is 26.3. The third kappa shape index (κ3) is 8.41. The van der Waals surface area contributed by atoms with E-state index in [-0.39, 0.29) is 10.8 Å². The molecule has 0 radical (unpaired) electrons. The smallest absolute Gasteiger partial charge is 0.303 e. The highest BCUT2D eigenvalue weighted by Gasteiger charge is 2.42. The summed E-state index contributed by atoms with van der Waals surface area (Å²) in [6.45, 7) is 24.8. The predicted molar refractivity (Wildman–Crippen MR) is 161 cm³/mol. The lowest BCUT2D eigenvalue weighted by atomic mass is 9.81. The number of phenolic OH excluding ortho intramolecular Hbond substituents is 1. The highest BCUT2D eigenvalue weighted by atomic mass is 32.2. The predicted octanol–water partition coefficient (Wildman–Crippen LogP) is 8.67. The summed E-state index contributed by atoms with van der Waals surface area (Å²) in [5, 5.41) is 21.4. The summed E-state index contributed by atoms with van der Waals surface area (Å²) >= 11 is 2.02. The molecule has 5 heteroatoms. The van der Waals surface area contributed by atoms with Crippen LogP contribution in [0.4, 0.5) is 0 Å². The fraction of sp³-hybridized carbons (Fsp3) is 0.581. The first kappa shape index (κ1) is 32.3. The molecule has 0 aliphatic heterocycles. The Bertz CT molecular complexity index is 962. The highest BCUT2D eigenvalue weighted by molar-refractivity contribution is 8.01. The van der Waals surface area contributed by atoms with E-state index in [1.54, 1.807) is 5.19 Å². The molecule has 202 valence electrons. The largest absolute Gasteiger partial charge is 0.508 e. The molecule has 0 fully saturated rings. The third-order valence-electron chi connectivity index (χ3n) is 7.02. The Kier molecular flexibility index (Phi) is 11.8. The van der Waals surface area contributed by atoms with E-state index in [4.69, 9.17) is 5.11 Å². The molecule has 0 saturated carbocycles. The van der Waals surface area contributed by atoms with Gasteiger partial charge < -0.3 is 10.2 Å². The van der Waals surface area contributed by atoms with Gasteiger partial charge in [0, 0.05) is 16.9 Å². The molecular formula is C31H50O3SSi. The summed E-state index contributed by atoms with van der Waals surface area (Å²) in [6, 6.07) is 15.5. The lowest BCUT2D eigenvalue weighted by Crippen LogP contribution is -2.55. The van der Waals surface area contributed by atoms with Crippen molar-refractivity contribution in [3.05, 3.63) is 53.6 Å². The second-order valence-electron chi connectivity index (χ2n) is 12.5. The molecule has 0 saturated heterocycles. The molecule has 0 amide bonds. The van der Waals surface area contributed by atoms with Gasteiger partial charge in [-0.3, -0.25) is 4.79 Å². The molecule has 0 aromatic heterocycles. The van der Waals surface area contributed by atoms with Gasteiger partial charge in [0.05, 0.1) is 0 Å². The van der Waals surface area contributed by atoms with Crippen molar-refractivity contribution >= 4 is 31.0 Å². The van der Waals surface area contributed by atoms with Gasteiger partial charge in [-0.2, -0.15) is 0 Å². The minimum Gasteiger partial charge on any atom is -0.508 e. The van der Waals surface area contributed by atoms with Gasteiger partial charge >= 0.3 is 5.97 Å². The number of carboxylic acid groups (broad SMARTS) is 1. The van der Waals surface area contributed by atoms with Crippen molar-refractivity contribution in [1.29, 1.82) is 0 Å². The molecule has 0 bridgehead atoms. The van der Waals surface area contributed by atoms with Gasteiger partial charge in [0.15, 0.2) is 0 Å². The van der Waals surface area contributed by atoms with Gasteiger partial charge in [0.1, 0.15) is 13.8 Å². The monoisotopic (exact) mass is 530 g/mol. The topological polar surface area (TPSA) is 57.5 Å². The van der Waals surface area contributed by atoms with Crippen molar-refractivity contribution in [3.63, 3.8) is 0 Å². The quantitative estimate of drug-likeness (QED) is 0.265. The fourth-order valence-electron chi connectivity index (χ4n) is 4.78. The number of benzene rings is 2. The molecule has 0 atom stereocenters. The summed E-state index contributed by atoms with van der Waals surface area (Å²) in [6.07, 6.45) is 1.02. The van der Waals surface area contributed by atoms with Crippen molar-refractivity contribution in [1.82, 2.24) is 0 Å². The van der Waals surface area contributed by atoms with Crippen LogP contribution in [0.1, 0.15) is 100 Å². The van der Waals surface area contributed by atoms with E-state index in [1.807, 2.05) is 24.8 Å². The van der Waals surface area contributed by atoms with Crippen LogP contribution in [0.15, 0.2) is 47.4 Å². The molecule has 0 aliphatic carbocycles. The molecule has 0 aliphatic rings. The van der Waals surface area contributed by atoms with Gasteiger partial charge in [-0.25, -0.2) is 0 Å². The maximum absolute atomic E-state index is 10.8. The van der Waals surface area contributed by atoms with Crippen molar-refractivity contribution in [2.75, 3.05) is 5.38 Å². The molecule has 2 aromatic carbocycles. The number of hydrogen-bond donors (Lipinski definition) is 2. The first-order chi connectivity index (χ1) is 16.5. The molecule has 36 heavy (non-hydrogen) atoms. The molecule has 2 rings (SSSR count). The second-order valence-corrected chi connectivity index (χ2v) is 19.4. The van der Waals surface area contributed by atoms with Gasteiger partial charge in [0.25, 0.3) is 0 Å². The van der Waals surface area contributed by atoms with Gasteiger partial charge in [-0.05, 0) is 51.4 Å². The maximum Gasteiger partial charge on any atom is 0.303 e. The summed E-state index contributed by atoms with van der Waals surface area (Å²) in [5.41, 5.74) is 3.51. The average Bonchev–Trinajstić information content (AvgIpc) is 2.74. The summed E-state index contributed by atoms with van der Waals surface area (Å²) in [5.74, 6) is -0.284. The molecule has 2 N–H and O–H groups in total. The van der Waals surface area contributed by atoms with Crippen LogP contribution in [0.5, 0.6) is 5.75 Å².